The number of carboxylic acid groups (broad SMARTS) is 1. The number of aromatic nitrogens is 2. The van der Waals surface area contributed by atoms with E-state index in [4.69, 9.17) is 4.74 Å². The van der Waals surface area contributed by atoms with Gasteiger partial charge in [-0.25, -0.2) is 0 Å². The van der Waals surface area contributed by atoms with E-state index in [1.807, 2.05) is 6.92 Å². The fourth-order valence-electron chi connectivity index (χ4n) is 1.66. The number of anilines is 1. The molecule has 0 bridgehead atoms. The normalized spacial score (nSPS) is 10.4. The van der Waals surface area contributed by atoms with Gasteiger partial charge in [0.2, 0.25) is 5.91 Å². The van der Waals surface area contributed by atoms with Gasteiger partial charge in [0, 0.05) is 17.4 Å². The summed E-state index contributed by atoms with van der Waals surface area (Å²) >= 11 is 3.93. The van der Waals surface area contributed by atoms with Crippen LogP contribution in [0.3, 0.4) is 0 Å². The van der Waals surface area contributed by atoms with Crippen LogP contribution in [-0.2, 0) is 9.59 Å². The van der Waals surface area contributed by atoms with E-state index < -0.39 is 5.97 Å². The van der Waals surface area contributed by atoms with Crippen molar-refractivity contribution >= 4 is 52.4 Å². The molecule has 1 N–H and O–H groups in total. The first-order chi connectivity index (χ1) is 12.1. The monoisotopic (exact) mass is 398 g/mol. The Balaban J connectivity index is 1.74. The minimum absolute atomic E-state index is 0.0305. The average molecular weight is 399 g/mol. The molecule has 0 spiro atoms. The second-order valence-corrected chi connectivity index (χ2v) is 8.14. The molecule has 0 unspecified atom stereocenters. The lowest BCUT2D eigenvalue weighted by molar-refractivity contribution is -0.305. The van der Waals surface area contributed by atoms with Gasteiger partial charge >= 0.3 is 0 Å². The molecule has 0 saturated carbocycles. The molecule has 1 amide bonds. The van der Waals surface area contributed by atoms with Gasteiger partial charge in [-0.3, -0.25) is 4.79 Å². The van der Waals surface area contributed by atoms with Crippen molar-refractivity contribution < 1.29 is 19.4 Å². The molecule has 0 aliphatic heterocycles. The van der Waals surface area contributed by atoms with E-state index in [1.165, 1.54) is 34.9 Å². The van der Waals surface area contributed by atoms with Gasteiger partial charge in [-0.2, -0.15) is 0 Å². The smallest absolute Gasteiger partial charge is 0.234 e. The Hall–Kier alpha value is -1.78. The highest BCUT2D eigenvalue weighted by Crippen LogP contribution is 2.29. The van der Waals surface area contributed by atoms with Crippen LogP contribution in [0.4, 0.5) is 5.69 Å². The minimum atomic E-state index is -1.09. The van der Waals surface area contributed by atoms with Crippen LogP contribution in [0.25, 0.3) is 0 Å². The predicted octanol–water partition coefficient (Wildman–Crippen LogP) is 1.90. The highest BCUT2D eigenvalue weighted by molar-refractivity contribution is 8.03. The number of carboxylic acids is 1. The Morgan fingerprint density at radius 3 is 2.52 bits per heavy atom. The van der Waals surface area contributed by atoms with Crippen molar-refractivity contribution in [2.24, 2.45) is 0 Å². The minimum Gasteiger partial charge on any atom is -0.550 e. The fraction of sp³-hybridized carbons (Fsp3) is 0.333. The lowest BCUT2D eigenvalue weighted by atomic mass is 10.3. The molecule has 7 nitrogen and oxygen atoms in total. The standard InChI is InChI=1S/C15H17N3O4S3/c1-2-22-11-5-3-10(4-6-11)16-12(19)9-24-15-18-17-14(25-15)23-8-7-13(20)21/h3-6H,2,7-9H2,1H3,(H,16,19)(H,20,21)/p-1. The molecule has 0 aliphatic rings. The van der Waals surface area contributed by atoms with E-state index in [2.05, 4.69) is 15.5 Å². The van der Waals surface area contributed by atoms with Crippen LogP contribution >= 0.6 is 34.9 Å². The van der Waals surface area contributed by atoms with Crippen LogP contribution in [0.5, 0.6) is 5.75 Å². The molecule has 0 radical (unpaired) electrons. The summed E-state index contributed by atoms with van der Waals surface area (Å²) in [5, 5.41) is 21.1. The first-order valence-electron chi connectivity index (χ1n) is 7.38. The van der Waals surface area contributed by atoms with Crippen LogP contribution < -0.4 is 15.2 Å². The Morgan fingerprint density at radius 1 is 1.20 bits per heavy atom. The number of hydrogen-bond donors (Lipinski definition) is 1. The van der Waals surface area contributed by atoms with Crippen LogP contribution in [0.15, 0.2) is 32.9 Å². The van der Waals surface area contributed by atoms with Gasteiger partial charge < -0.3 is 20.0 Å². The third-order valence-corrected chi connectivity index (χ3v) is 5.89. The van der Waals surface area contributed by atoms with Crippen LogP contribution in [0.1, 0.15) is 13.3 Å². The Morgan fingerprint density at radius 2 is 1.88 bits per heavy atom. The lowest BCUT2D eigenvalue weighted by Gasteiger charge is -2.06. The maximum absolute atomic E-state index is 12.0. The first-order valence-corrected chi connectivity index (χ1v) is 10.2. The fourth-order valence-corrected chi connectivity index (χ4v) is 4.47. The molecule has 0 aliphatic carbocycles. The van der Waals surface area contributed by atoms with E-state index in [9.17, 15) is 14.7 Å². The molecular weight excluding hydrogens is 382 g/mol. The quantitative estimate of drug-likeness (QED) is 0.605. The van der Waals surface area contributed by atoms with Crippen LogP contribution in [0.2, 0.25) is 0 Å². The highest BCUT2D eigenvalue weighted by atomic mass is 32.2. The number of rotatable bonds is 10. The summed E-state index contributed by atoms with van der Waals surface area (Å²) < 4.78 is 6.69. The molecule has 1 aromatic heterocycles. The number of carbonyl (C=O) groups is 2. The summed E-state index contributed by atoms with van der Waals surface area (Å²) in [7, 11) is 0. The van der Waals surface area contributed by atoms with Gasteiger partial charge in [0.1, 0.15) is 5.75 Å². The second kappa shape index (κ2) is 10.3. The molecule has 10 heteroatoms. The number of amides is 1. The third-order valence-electron chi connectivity index (χ3n) is 2.70. The number of nitrogens with one attached hydrogen (secondary N) is 1. The maximum Gasteiger partial charge on any atom is 0.234 e. The molecule has 1 heterocycles. The molecule has 0 atom stereocenters. The van der Waals surface area contributed by atoms with Crippen LogP contribution in [0, 0.1) is 0 Å². The third kappa shape index (κ3) is 7.32. The summed E-state index contributed by atoms with van der Waals surface area (Å²) in [5.41, 5.74) is 0.699. The largest absolute Gasteiger partial charge is 0.550 e. The van der Waals surface area contributed by atoms with Crippen molar-refractivity contribution in [2.75, 3.05) is 23.4 Å². The zero-order valence-electron chi connectivity index (χ0n) is 13.4. The van der Waals surface area contributed by atoms with Crippen molar-refractivity contribution in [1.82, 2.24) is 10.2 Å². The van der Waals surface area contributed by atoms with Gasteiger partial charge in [0.15, 0.2) is 8.68 Å². The number of hydrogen-bond acceptors (Lipinski definition) is 9. The summed E-state index contributed by atoms with van der Waals surface area (Å²) in [4.78, 5) is 22.3. The topological polar surface area (TPSA) is 104 Å². The van der Waals surface area contributed by atoms with E-state index in [0.717, 1.165) is 5.75 Å². The molecule has 25 heavy (non-hydrogen) atoms. The lowest BCUT2D eigenvalue weighted by Crippen LogP contribution is -2.22. The molecule has 0 fully saturated rings. The van der Waals surface area contributed by atoms with Gasteiger partial charge in [0.25, 0.3) is 0 Å². The summed E-state index contributed by atoms with van der Waals surface area (Å²) in [6.45, 7) is 2.51. The Bertz CT molecular complexity index is 706. The predicted molar refractivity (Wildman–Crippen MR) is 97.2 cm³/mol. The zero-order chi connectivity index (χ0) is 18.1. The Labute approximate surface area is 157 Å². The number of thioether (sulfide) groups is 2. The molecule has 134 valence electrons. The van der Waals surface area contributed by atoms with Crippen molar-refractivity contribution in [3.63, 3.8) is 0 Å². The average Bonchev–Trinajstić information content (AvgIpc) is 3.03. The van der Waals surface area contributed by atoms with Gasteiger partial charge in [-0.1, -0.05) is 34.9 Å². The number of carbonyl (C=O) groups excluding carboxylic acids is 2. The molecular formula is C15H16N3O4S3-. The van der Waals surface area contributed by atoms with Gasteiger partial charge in [0.05, 0.1) is 12.4 Å². The van der Waals surface area contributed by atoms with Crippen molar-refractivity contribution in [1.29, 1.82) is 0 Å². The first kappa shape index (κ1) is 19.5. The zero-order valence-corrected chi connectivity index (χ0v) is 15.8. The summed E-state index contributed by atoms with van der Waals surface area (Å²) in [6.07, 6.45) is -0.0305. The maximum atomic E-state index is 12.0. The van der Waals surface area contributed by atoms with Crippen molar-refractivity contribution in [2.45, 2.75) is 22.0 Å². The SMILES string of the molecule is CCOc1ccc(NC(=O)CSc2nnc(SCCC(=O)[O-])s2)cc1. The summed E-state index contributed by atoms with van der Waals surface area (Å²) in [5.74, 6) is 0.131. The van der Waals surface area contributed by atoms with Crippen LogP contribution in [-0.4, -0.2) is 40.2 Å². The van der Waals surface area contributed by atoms with Gasteiger partial charge in [-0.15, -0.1) is 10.2 Å². The molecule has 1 aromatic carbocycles. The van der Waals surface area contributed by atoms with E-state index in [0.29, 0.717) is 26.7 Å². The summed E-state index contributed by atoms with van der Waals surface area (Å²) in [6, 6.07) is 7.16. The second-order valence-electron chi connectivity index (χ2n) is 4.60. The molecule has 2 rings (SSSR count). The Kier molecular flexibility index (Phi) is 8.02. The number of aliphatic carboxylic acids is 1. The molecule has 0 saturated heterocycles. The molecule has 2 aromatic rings. The van der Waals surface area contributed by atoms with E-state index in [1.54, 1.807) is 24.3 Å². The van der Waals surface area contributed by atoms with E-state index in [-0.39, 0.29) is 18.1 Å². The number of nitrogens with zero attached hydrogens (tertiary/aromatic N) is 2. The highest BCUT2D eigenvalue weighted by Gasteiger charge is 2.09. The van der Waals surface area contributed by atoms with Crippen molar-refractivity contribution in [3.8, 4) is 5.75 Å². The van der Waals surface area contributed by atoms with Crippen molar-refractivity contribution in [3.05, 3.63) is 24.3 Å². The van der Waals surface area contributed by atoms with Gasteiger partial charge in [-0.05, 0) is 37.6 Å². The number of benzene rings is 1. The number of ether oxygens (including phenoxy) is 1. The van der Waals surface area contributed by atoms with E-state index >= 15 is 0 Å².